The lowest BCUT2D eigenvalue weighted by Crippen LogP contribution is -2.09. The van der Waals surface area contributed by atoms with Crippen LogP contribution < -0.4 is 10.3 Å². The van der Waals surface area contributed by atoms with Gasteiger partial charge in [-0.2, -0.15) is 0 Å². The molecule has 0 fully saturated rings. The lowest BCUT2D eigenvalue weighted by Gasteiger charge is -2.07. The highest BCUT2D eigenvalue weighted by molar-refractivity contribution is 6.32. The molecule has 0 spiro atoms. The fraction of sp³-hybridized carbons (Fsp3) is 0.286. The van der Waals surface area contributed by atoms with E-state index in [-0.39, 0.29) is 10.8 Å². The van der Waals surface area contributed by atoms with Crippen LogP contribution in [0, 0.1) is 0 Å². The number of alkyl halides is 2. The summed E-state index contributed by atoms with van der Waals surface area (Å²) < 4.78 is 29.1. The maximum atomic E-state index is 12.3. The van der Waals surface area contributed by atoms with Crippen molar-refractivity contribution in [2.45, 2.75) is 6.43 Å². The molecule has 6 heteroatoms. The Hall–Kier alpha value is -1.10. The maximum Gasteiger partial charge on any atom is 0.282 e. The van der Waals surface area contributed by atoms with Crippen LogP contribution in [0.4, 0.5) is 8.78 Å². The quantitative estimate of drug-likeness (QED) is 0.809. The Labute approximate surface area is 77.3 Å². The lowest BCUT2D eigenvalue weighted by molar-refractivity contribution is 0.141. The molecule has 1 aromatic heterocycles. The van der Waals surface area contributed by atoms with E-state index >= 15 is 0 Å². The molecule has 1 N–H and O–H groups in total. The zero-order valence-electron chi connectivity index (χ0n) is 6.61. The molecule has 0 radical (unpaired) electrons. The Bertz CT molecular complexity index is 364. The molecule has 0 aliphatic heterocycles. The minimum Gasteiger partial charge on any atom is -0.493 e. The number of nitrogens with one attached hydrogen (secondary N) is 1. The Balaban J connectivity index is 3.38. The Morgan fingerprint density at radius 1 is 1.62 bits per heavy atom. The minimum atomic E-state index is -2.82. The minimum absolute atomic E-state index is 0.124. The van der Waals surface area contributed by atoms with Gasteiger partial charge in [-0.05, 0) is 0 Å². The highest BCUT2D eigenvalue weighted by atomic mass is 35.5. The van der Waals surface area contributed by atoms with Crippen LogP contribution in [-0.2, 0) is 0 Å². The van der Waals surface area contributed by atoms with Gasteiger partial charge in [-0.3, -0.25) is 4.79 Å². The van der Waals surface area contributed by atoms with E-state index in [1.807, 2.05) is 4.98 Å². The van der Waals surface area contributed by atoms with Crippen LogP contribution in [0.5, 0.6) is 5.75 Å². The van der Waals surface area contributed by atoms with Crippen LogP contribution in [0.1, 0.15) is 12.1 Å². The first kappa shape index (κ1) is 9.98. The van der Waals surface area contributed by atoms with Crippen molar-refractivity contribution in [1.29, 1.82) is 0 Å². The highest BCUT2D eigenvalue weighted by Gasteiger charge is 2.17. The number of hydrogen-bond acceptors (Lipinski definition) is 2. The van der Waals surface area contributed by atoms with E-state index < -0.39 is 17.7 Å². The first-order chi connectivity index (χ1) is 6.06. The molecule has 0 saturated carbocycles. The van der Waals surface area contributed by atoms with Gasteiger partial charge in [0.15, 0.2) is 5.75 Å². The molecule has 0 unspecified atom stereocenters. The van der Waals surface area contributed by atoms with Crippen LogP contribution in [0.25, 0.3) is 0 Å². The summed E-state index contributed by atoms with van der Waals surface area (Å²) in [5.41, 5.74) is -1.28. The molecule has 0 amide bonds. The standard InChI is InChI=1S/C7H6ClF2NO2/c1-13-6-3(8)2-4(12)11-5(6)7(9)10/h2,7H,1H3,(H,11,12). The van der Waals surface area contributed by atoms with E-state index in [1.54, 1.807) is 0 Å². The largest absolute Gasteiger partial charge is 0.493 e. The molecule has 0 aliphatic rings. The SMILES string of the molecule is COc1c(Cl)cc(=O)[nH]c1C(F)F. The van der Waals surface area contributed by atoms with Gasteiger partial charge in [-0.1, -0.05) is 11.6 Å². The predicted molar refractivity (Wildman–Crippen MR) is 43.6 cm³/mol. The molecule has 0 aliphatic carbocycles. The van der Waals surface area contributed by atoms with Crippen LogP contribution in [0.15, 0.2) is 10.9 Å². The summed E-state index contributed by atoms with van der Waals surface area (Å²) >= 11 is 5.50. The van der Waals surface area contributed by atoms with Gasteiger partial charge >= 0.3 is 0 Å². The second-order valence-electron chi connectivity index (χ2n) is 2.23. The Kier molecular flexibility index (Phi) is 2.87. The second-order valence-corrected chi connectivity index (χ2v) is 2.64. The third-order valence-corrected chi connectivity index (χ3v) is 1.68. The first-order valence-electron chi connectivity index (χ1n) is 3.31. The van der Waals surface area contributed by atoms with Crippen molar-refractivity contribution in [2.24, 2.45) is 0 Å². The van der Waals surface area contributed by atoms with Crippen molar-refractivity contribution in [3.8, 4) is 5.75 Å². The number of halogens is 3. The van der Waals surface area contributed by atoms with Crippen LogP contribution in [0.3, 0.4) is 0 Å². The van der Waals surface area contributed by atoms with Gasteiger partial charge in [0.25, 0.3) is 6.43 Å². The number of pyridine rings is 1. The average Bonchev–Trinajstić information content (AvgIpc) is 2.02. The topological polar surface area (TPSA) is 42.1 Å². The maximum absolute atomic E-state index is 12.3. The summed E-state index contributed by atoms with van der Waals surface area (Å²) in [6.07, 6.45) is -2.82. The smallest absolute Gasteiger partial charge is 0.282 e. The van der Waals surface area contributed by atoms with Crippen LogP contribution >= 0.6 is 11.6 Å². The van der Waals surface area contributed by atoms with E-state index in [4.69, 9.17) is 11.6 Å². The zero-order chi connectivity index (χ0) is 10.0. The predicted octanol–water partition coefficient (Wildman–Crippen LogP) is 1.97. The molecule has 13 heavy (non-hydrogen) atoms. The molecule has 1 rings (SSSR count). The molecular weight excluding hydrogens is 204 g/mol. The van der Waals surface area contributed by atoms with Crippen molar-refractivity contribution < 1.29 is 13.5 Å². The van der Waals surface area contributed by atoms with E-state index in [1.165, 1.54) is 7.11 Å². The number of methoxy groups -OCH3 is 1. The van der Waals surface area contributed by atoms with Gasteiger partial charge in [-0.25, -0.2) is 8.78 Å². The van der Waals surface area contributed by atoms with E-state index in [0.29, 0.717) is 0 Å². The molecule has 1 heterocycles. The summed E-state index contributed by atoms with van der Waals surface area (Å²) in [4.78, 5) is 12.7. The number of aromatic amines is 1. The van der Waals surface area contributed by atoms with Gasteiger partial charge in [0.05, 0.1) is 12.1 Å². The molecule has 3 nitrogen and oxygen atoms in total. The monoisotopic (exact) mass is 209 g/mol. The zero-order valence-corrected chi connectivity index (χ0v) is 7.36. The first-order valence-corrected chi connectivity index (χ1v) is 3.69. The second kappa shape index (κ2) is 3.74. The van der Waals surface area contributed by atoms with Crippen molar-refractivity contribution in [3.05, 3.63) is 27.1 Å². The molecule has 0 aromatic carbocycles. The highest BCUT2D eigenvalue weighted by Crippen LogP contribution is 2.31. The van der Waals surface area contributed by atoms with Gasteiger partial charge < -0.3 is 9.72 Å². The van der Waals surface area contributed by atoms with Crippen molar-refractivity contribution in [1.82, 2.24) is 4.98 Å². The fourth-order valence-electron chi connectivity index (χ4n) is 0.896. The summed E-state index contributed by atoms with van der Waals surface area (Å²) in [5.74, 6) is -0.198. The van der Waals surface area contributed by atoms with Crippen molar-refractivity contribution in [3.63, 3.8) is 0 Å². The molecular formula is C7H6ClF2NO2. The number of hydrogen-bond donors (Lipinski definition) is 1. The van der Waals surface area contributed by atoms with Gasteiger partial charge in [-0.15, -0.1) is 0 Å². The fourth-order valence-corrected chi connectivity index (χ4v) is 1.17. The number of H-pyrrole nitrogens is 1. The summed E-state index contributed by atoms with van der Waals surface area (Å²) in [6, 6.07) is 0.978. The molecule has 0 bridgehead atoms. The number of rotatable bonds is 2. The number of aromatic nitrogens is 1. The molecule has 1 aromatic rings. The lowest BCUT2D eigenvalue weighted by atomic mass is 10.3. The summed E-state index contributed by atoms with van der Waals surface area (Å²) in [6.45, 7) is 0. The van der Waals surface area contributed by atoms with Crippen LogP contribution in [0.2, 0.25) is 5.02 Å². The average molecular weight is 210 g/mol. The van der Waals surface area contributed by atoms with Gasteiger partial charge in [0.2, 0.25) is 5.56 Å². The van der Waals surface area contributed by atoms with E-state index in [9.17, 15) is 13.6 Å². The normalized spacial score (nSPS) is 10.5. The van der Waals surface area contributed by atoms with Crippen LogP contribution in [-0.4, -0.2) is 12.1 Å². The summed E-state index contributed by atoms with van der Waals surface area (Å²) in [7, 11) is 1.20. The Morgan fingerprint density at radius 2 is 2.23 bits per heavy atom. The number of ether oxygens (including phenoxy) is 1. The molecule has 72 valence electrons. The molecule has 0 saturated heterocycles. The third kappa shape index (κ3) is 1.98. The molecule has 0 atom stereocenters. The van der Waals surface area contributed by atoms with E-state index in [0.717, 1.165) is 6.07 Å². The van der Waals surface area contributed by atoms with E-state index in [2.05, 4.69) is 4.74 Å². The third-order valence-electron chi connectivity index (χ3n) is 1.40. The summed E-state index contributed by atoms with van der Waals surface area (Å²) in [5, 5.41) is -0.124. The van der Waals surface area contributed by atoms with Gasteiger partial charge in [0.1, 0.15) is 5.69 Å². The Morgan fingerprint density at radius 3 is 2.69 bits per heavy atom. The van der Waals surface area contributed by atoms with Gasteiger partial charge in [0, 0.05) is 6.07 Å². The van der Waals surface area contributed by atoms with Crippen molar-refractivity contribution in [2.75, 3.05) is 7.11 Å². The van der Waals surface area contributed by atoms with Crippen molar-refractivity contribution >= 4 is 11.6 Å².